The third-order valence-corrected chi connectivity index (χ3v) is 5.72. The molecule has 0 aliphatic carbocycles. The Bertz CT molecular complexity index is 889. The van der Waals surface area contributed by atoms with E-state index in [9.17, 15) is 18.8 Å². The molecule has 3 rings (SSSR count). The summed E-state index contributed by atoms with van der Waals surface area (Å²) in [5.74, 6) is -0.604. The number of nitrogens with zero attached hydrogens (tertiary/aromatic N) is 3. The Morgan fingerprint density at radius 2 is 2.14 bits per heavy atom. The van der Waals surface area contributed by atoms with Gasteiger partial charge in [0.2, 0.25) is 5.91 Å². The van der Waals surface area contributed by atoms with Gasteiger partial charge in [0.15, 0.2) is 5.13 Å². The van der Waals surface area contributed by atoms with Crippen molar-refractivity contribution in [3.05, 3.63) is 41.2 Å². The fourth-order valence-corrected chi connectivity index (χ4v) is 4.30. The van der Waals surface area contributed by atoms with Crippen LogP contribution in [0.2, 0.25) is 0 Å². The summed E-state index contributed by atoms with van der Waals surface area (Å²) in [7, 11) is 0. The first-order chi connectivity index (χ1) is 13.5. The summed E-state index contributed by atoms with van der Waals surface area (Å²) in [5, 5.41) is 1.93. The molecular formula is C18H18FN3O4S2. The number of benzene rings is 1. The number of anilines is 2. The Kier molecular flexibility index (Phi) is 6.63. The van der Waals surface area contributed by atoms with Crippen LogP contribution in [0.4, 0.5) is 20.0 Å². The quantitative estimate of drug-likeness (QED) is 0.634. The maximum absolute atomic E-state index is 14.1. The third kappa shape index (κ3) is 4.87. The molecule has 0 saturated carbocycles. The van der Waals surface area contributed by atoms with Gasteiger partial charge >= 0.3 is 5.97 Å². The van der Waals surface area contributed by atoms with E-state index in [0.717, 1.165) is 17.1 Å². The Labute approximate surface area is 169 Å². The second-order valence-corrected chi connectivity index (χ2v) is 7.82. The molecule has 0 atom stereocenters. The molecule has 0 unspecified atom stereocenters. The number of thiazole rings is 1. The summed E-state index contributed by atoms with van der Waals surface area (Å²) in [4.78, 5) is 42.5. The van der Waals surface area contributed by atoms with Crippen LogP contribution in [-0.2, 0) is 20.9 Å². The van der Waals surface area contributed by atoms with E-state index in [1.165, 1.54) is 41.8 Å². The number of para-hydroxylation sites is 1. The van der Waals surface area contributed by atoms with E-state index in [-0.39, 0.29) is 29.9 Å². The number of aromatic nitrogens is 1. The van der Waals surface area contributed by atoms with E-state index in [4.69, 9.17) is 4.74 Å². The van der Waals surface area contributed by atoms with Crippen molar-refractivity contribution in [1.29, 1.82) is 0 Å². The topological polar surface area (TPSA) is 79.8 Å². The standard InChI is InChI=1S/C18H18FN3O4S2/c1-12(23)22(15-5-3-2-4-14(15)19)17-20-13(11-28-17)10-26-16(24)6-7-21-8-9-27-18(21)25/h2-5,11H,6-10H2,1H3. The first-order valence-electron chi connectivity index (χ1n) is 8.52. The van der Waals surface area contributed by atoms with Crippen molar-refractivity contribution in [3.8, 4) is 0 Å². The van der Waals surface area contributed by atoms with Crippen molar-refractivity contribution in [3.63, 3.8) is 0 Å². The first kappa shape index (κ1) is 20.3. The van der Waals surface area contributed by atoms with Crippen molar-refractivity contribution in [1.82, 2.24) is 9.88 Å². The molecule has 10 heteroatoms. The van der Waals surface area contributed by atoms with Gasteiger partial charge in [0.05, 0.1) is 17.8 Å². The maximum atomic E-state index is 14.1. The highest BCUT2D eigenvalue weighted by Gasteiger charge is 2.23. The molecule has 7 nitrogen and oxygen atoms in total. The van der Waals surface area contributed by atoms with E-state index in [1.807, 2.05) is 0 Å². The molecular weight excluding hydrogens is 405 g/mol. The fourth-order valence-electron chi connectivity index (χ4n) is 2.59. The summed E-state index contributed by atoms with van der Waals surface area (Å²) in [6.07, 6.45) is 0.109. The van der Waals surface area contributed by atoms with E-state index in [0.29, 0.717) is 23.9 Å². The molecule has 1 aliphatic rings. The van der Waals surface area contributed by atoms with Crippen molar-refractivity contribution >= 4 is 51.0 Å². The number of amides is 2. The molecule has 2 heterocycles. The number of rotatable bonds is 7. The smallest absolute Gasteiger partial charge is 0.307 e. The lowest BCUT2D eigenvalue weighted by atomic mass is 10.3. The largest absolute Gasteiger partial charge is 0.459 e. The van der Waals surface area contributed by atoms with Crippen LogP contribution < -0.4 is 4.90 Å². The lowest BCUT2D eigenvalue weighted by molar-refractivity contribution is -0.145. The van der Waals surface area contributed by atoms with Gasteiger partial charge in [-0.2, -0.15) is 0 Å². The second-order valence-electron chi connectivity index (χ2n) is 5.94. The van der Waals surface area contributed by atoms with Gasteiger partial charge in [-0.05, 0) is 12.1 Å². The van der Waals surface area contributed by atoms with Gasteiger partial charge in [0, 0.05) is 31.1 Å². The predicted octanol–water partition coefficient (Wildman–Crippen LogP) is 3.57. The molecule has 0 N–H and O–H groups in total. The molecule has 148 valence electrons. The Balaban J connectivity index is 1.58. The first-order valence-corrected chi connectivity index (χ1v) is 10.4. The number of carbonyl (C=O) groups is 3. The van der Waals surface area contributed by atoms with Crippen molar-refractivity contribution in [2.75, 3.05) is 23.7 Å². The fraction of sp³-hybridized carbons (Fsp3) is 0.333. The van der Waals surface area contributed by atoms with Gasteiger partial charge in [-0.3, -0.25) is 19.3 Å². The summed E-state index contributed by atoms with van der Waals surface area (Å²) >= 11 is 2.40. The minimum atomic E-state index is -0.532. The van der Waals surface area contributed by atoms with Crippen molar-refractivity contribution < 1.29 is 23.5 Å². The van der Waals surface area contributed by atoms with Crippen LogP contribution in [0.15, 0.2) is 29.6 Å². The minimum Gasteiger partial charge on any atom is -0.459 e. The summed E-state index contributed by atoms with van der Waals surface area (Å²) in [5.41, 5.74) is 0.574. The van der Waals surface area contributed by atoms with Crippen LogP contribution in [-0.4, -0.2) is 45.8 Å². The zero-order valence-electron chi connectivity index (χ0n) is 15.1. The Hall–Kier alpha value is -2.46. The average molecular weight is 423 g/mol. The highest BCUT2D eigenvalue weighted by molar-refractivity contribution is 8.13. The number of halogens is 1. The van der Waals surface area contributed by atoms with Crippen LogP contribution >= 0.6 is 23.1 Å². The van der Waals surface area contributed by atoms with E-state index >= 15 is 0 Å². The van der Waals surface area contributed by atoms with Gasteiger partial charge in [0.1, 0.15) is 12.4 Å². The van der Waals surface area contributed by atoms with Crippen LogP contribution in [0.1, 0.15) is 19.0 Å². The summed E-state index contributed by atoms with van der Waals surface area (Å²) < 4.78 is 19.3. The Morgan fingerprint density at radius 3 is 2.82 bits per heavy atom. The van der Waals surface area contributed by atoms with E-state index in [1.54, 1.807) is 16.3 Å². The second kappa shape index (κ2) is 9.16. The highest BCUT2D eigenvalue weighted by atomic mass is 32.2. The molecule has 2 amide bonds. The summed E-state index contributed by atoms with van der Waals surface area (Å²) in [6, 6.07) is 5.94. The predicted molar refractivity (Wildman–Crippen MR) is 105 cm³/mol. The molecule has 1 saturated heterocycles. The van der Waals surface area contributed by atoms with Crippen LogP contribution in [0.25, 0.3) is 0 Å². The normalized spacial score (nSPS) is 13.6. The molecule has 0 bridgehead atoms. The van der Waals surface area contributed by atoms with Gasteiger partial charge in [-0.25, -0.2) is 9.37 Å². The molecule has 28 heavy (non-hydrogen) atoms. The molecule has 1 aromatic heterocycles. The number of esters is 1. The lowest BCUT2D eigenvalue weighted by Crippen LogP contribution is -2.26. The Morgan fingerprint density at radius 1 is 1.36 bits per heavy atom. The zero-order valence-corrected chi connectivity index (χ0v) is 16.7. The minimum absolute atomic E-state index is 0.0191. The summed E-state index contributed by atoms with van der Waals surface area (Å²) in [6.45, 7) is 2.24. The lowest BCUT2D eigenvalue weighted by Gasteiger charge is -2.18. The molecule has 1 aliphatic heterocycles. The SMILES string of the molecule is CC(=O)N(c1nc(COC(=O)CCN2CCSC2=O)cs1)c1ccccc1F. The molecule has 0 spiro atoms. The van der Waals surface area contributed by atoms with Crippen LogP contribution in [0.5, 0.6) is 0 Å². The van der Waals surface area contributed by atoms with Gasteiger partial charge in [0.25, 0.3) is 5.24 Å². The number of hydrogen-bond acceptors (Lipinski definition) is 7. The molecule has 1 fully saturated rings. The number of thioether (sulfide) groups is 1. The van der Waals surface area contributed by atoms with Crippen LogP contribution in [0, 0.1) is 5.82 Å². The van der Waals surface area contributed by atoms with Crippen molar-refractivity contribution in [2.24, 2.45) is 0 Å². The van der Waals surface area contributed by atoms with E-state index < -0.39 is 11.8 Å². The maximum Gasteiger partial charge on any atom is 0.307 e. The van der Waals surface area contributed by atoms with Crippen LogP contribution in [0.3, 0.4) is 0 Å². The molecule has 2 aromatic rings. The van der Waals surface area contributed by atoms with Gasteiger partial charge < -0.3 is 9.64 Å². The number of hydrogen-bond donors (Lipinski definition) is 0. The number of carbonyl (C=O) groups excluding carboxylic acids is 3. The molecule has 1 aromatic carbocycles. The van der Waals surface area contributed by atoms with E-state index in [2.05, 4.69) is 4.98 Å². The molecule has 0 radical (unpaired) electrons. The van der Waals surface area contributed by atoms with Gasteiger partial charge in [-0.1, -0.05) is 23.9 Å². The number of ether oxygens (including phenoxy) is 1. The zero-order chi connectivity index (χ0) is 20.1. The monoisotopic (exact) mass is 423 g/mol. The third-order valence-electron chi connectivity index (χ3n) is 3.95. The average Bonchev–Trinajstić information content (AvgIpc) is 3.29. The van der Waals surface area contributed by atoms with Gasteiger partial charge in [-0.15, -0.1) is 11.3 Å². The van der Waals surface area contributed by atoms with Crippen molar-refractivity contribution in [2.45, 2.75) is 20.0 Å². The highest BCUT2D eigenvalue weighted by Crippen LogP contribution is 2.30.